The standard InChI is InChI=1S/C10H17NSi/c1-3-11(4-2)9-5-7-10(12)8-6-9/h5-8H,3-4H2,1-2,12H3. The minimum absolute atomic E-state index is 1.09. The second kappa shape index (κ2) is 4.31. The quantitative estimate of drug-likeness (QED) is 0.612. The summed E-state index contributed by atoms with van der Waals surface area (Å²) in [4.78, 5) is 2.36. The molecule has 0 unspecified atom stereocenters. The monoisotopic (exact) mass is 179 g/mol. The molecule has 0 saturated heterocycles. The molecule has 0 atom stereocenters. The fraction of sp³-hybridized carbons (Fsp3) is 0.400. The lowest BCUT2D eigenvalue weighted by atomic mass is 10.3. The van der Waals surface area contributed by atoms with Crippen LogP contribution in [0.15, 0.2) is 24.3 Å². The first-order chi connectivity index (χ1) is 5.77. The van der Waals surface area contributed by atoms with Crippen molar-refractivity contribution in [3.05, 3.63) is 24.3 Å². The normalized spacial score (nSPS) is 10.2. The summed E-state index contributed by atoms with van der Waals surface area (Å²) in [5, 5.41) is 1.46. The predicted octanol–water partition coefficient (Wildman–Crippen LogP) is 0.523. The zero-order valence-corrected chi connectivity index (χ0v) is 10.2. The highest BCUT2D eigenvalue weighted by Gasteiger charge is 1.98. The Balaban J connectivity index is 2.80. The van der Waals surface area contributed by atoms with Gasteiger partial charge in [0.05, 0.1) is 0 Å². The smallest absolute Gasteiger partial charge is 0.0384 e. The van der Waals surface area contributed by atoms with E-state index < -0.39 is 0 Å². The molecular formula is C10H17NSi. The molecule has 1 aromatic rings. The van der Waals surface area contributed by atoms with E-state index in [-0.39, 0.29) is 0 Å². The molecule has 0 fully saturated rings. The van der Waals surface area contributed by atoms with Gasteiger partial charge in [-0.15, -0.1) is 0 Å². The second-order valence-electron chi connectivity index (χ2n) is 3.01. The van der Waals surface area contributed by atoms with Gasteiger partial charge in [0.25, 0.3) is 0 Å². The molecule has 1 aromatic carbocycles. The minimum atomic E-state index is 1.09. The number of nitrogens with zero attached hydrogens (tertiary/aromatic N) is 1. The van der Waals surface area contributed by atoms with Crippen LogP contribution in [0.2, 0.25) is 0 Å². The molecule has 1 rings (SSSR count). The van der Waals surface area contributed by atoms with Crippen LogP contribution in [-0.4, -0.2) is 23.3 Å². The molecule has 0 saturated carbocycles. The van der Waals surface area contributed by atoms with Crippen molar-refractivity contribution in [3.8, 4) is 0 Å². The van der Waals surface area contributed by atoms with E-state index in [4.69, 9.17) is 0 Å². The molecule has 2 heteroatoms. The van der Waals surface area contributed by atoms with Gasteiger partial charge in [-0.3, -0.25) is 0 Å². The summed E-state index contributed by atoms with van der Waals surface area (Å²) in [6, 6.07) is 8.88. The molecule has 0 aliphatic rings. The van der Waals surface area contributed by atoms with Gasteiger partial charge in [-0.25, -0.2) is 0 Å². The maximum absolute atomic E-state index is 2.36. The molecule has 12 heavy (non-hydrogen) atoms. The van der Waals surface area contributed by atoms with E-state index in [0.29, 0.717) is 0 Å². The van der Waals surface area contributed by atoms with Crippen molar-refractivity contribution in [1.29, 1.82) is 0 Å². The van der Waals surface area contributed by atoms with E-state index in [2.05, 4.69) is 43.0 Å². The molecule has 0 bridgehead atoms. The lowest BCUT2D eigenvalue weighted by Crippen LogP contribution is -2.22. The highest BCUT2D eigenvalue weighted by Crippen LogP contribution is 2.10. The Labute approximate surface area is 77.8 Å². The lowest BCUT2D eigenvalue weighted by Gasteiger charge is -2.20. The molecule has 0 N–H and O–H groups in total. The van der Waals surface area contributed by atoms with Crippen molar-refractivity contribution in [2.45, 2.75) is 13.8 Å². The Morgan fingerprint density at radius 2 is 1.58 bits per heavy atom. The number of anilines is 1. The van der Waals surface area contributed by atoms with Gasteiger partial charge in [-0.1, -0.05) is 17.3 Å². The molecule has 0 spiro atoms. The number of benzene rings is 1. The summed E-state index contributed by atoms with van der Waals surface area (Å²) in [6.45, 7) is 6.57. The van der Waals surface area contributed by atoms with Gasteiger partial charge in [0.1, 0.15) is 0 Å². The maximum Gasteiger partial charge on any atom is 0.0384 e. The first kappa shape index (κ1) is 9.33. The zero-order chi connectivity index (χ0) is 8.97. The van der Waals surface area contributed by atoms with Gasteiger partial charge < -0.3 is 4.90 Å². The second-order valence-corrected chi connectivity index (χ2v) is 4.16. The van der Waals surface area contributed by atoms with Crippen molar-refractivity contribution in [2.75, 3.05) is 18.0 Å². The fourth-order valence-corrected chi connectivity index (χ4v) is 1.68. The maximum atomic E-state index is 2.36. The average molecular weight is 179 g/mol. The SMILES string of the molecule is CCN(CC)c1ccc([SiH3])cc1. The Hall–Kier alpha value is -0.763. The first-order valence-corrected chi connectivity index (χ1v) is 5.59. The summed E-state index contributed by atoms with van der Waals surface area (Å²) in [5.74, 6) is 0. The molecule has 0 aromatic heterocycles. The highest BCUT2D eigenvalue weighted by molar-refractivity contribution is 6.32. The van der Waals surface area contributed by atoms with Crippen LogP contribution in [0.1, 0.15) is 13.8 Å². The Morgan fingerprint density at radius 3 is 2.00 bits per heavy atom. The van der Waals surface area contributed by atoms with Crippen molar-refractivity contribution < 1.29 is 0 Å². The molecule has 0 radical (unpaired) electrons. The van der Waals surface area contributed by atoms with E-state index in [0.717, 1.165) is 23.3 Å². The van der Waals surface area contributed by atoms with Gasteiger partial charge in [0, 0.05) is 29.0 Å². The summed E-state index contributed by atoms with van der Waals surface area (Å²) in [5.41, 5.74) is 1.35. The molecular weight excluding hydrogens is 162 g/mol. The van der Waals surface area contributed by atoms with Crippen LogP contribution in [0.5, 0.6) is 0 Å². The van der Waals surface area contributed by atoms with Crippen molar-refractivity contribution in [1.82, 2.24) is 0 Å². The molecule has 1 nitrogen and oxygen atoms in total. The number of hydrogen-bond donors (Lipinski definition) is 0. The van der Waals surface area contributed by atoms with Crippen LogP contribution in [-0.2, 0) is 0 Å². The Morgan fingerprint density at radius 1 is 1.08 bits per heavy atom. The van der Waals surface area contributed by atoms with Gasteiger partial charge in [-0.05, 0) is 26.0 Å². The van der Waals surface area contributed by atoms with Crippen LogP contribution in [0.4, 0.5) is 5.69 Å². The van der Waals surface area contributed by atoms with Crippen LogP contribution in [0, 0.1) is 0 Å². The molecule has 0 amide bonds. The van der Waals surface area contributed by atoms with E-state index in [1.54, 1.807) is 0 Å². The van der Waals surface area contributed by atoms with E-state index in [1.165, 1.54) is 10.9 Å². The first-order valence-electron chi connectivity index (χ1n) is 4.59. The fourth-order valence-electron chi connectivity index (χ4n) is 1.34. The van der Waals surface area contributed by atoms with Crippen molar-refractivity contribution in [2.24, 2.45) is 0 Å². The highest BCUT2D eigenvalue weighted by atomic mass is 28.1. The van der Waals surface area contributed by atoms with E-state index in [9.17, 15) is 0 Å². The zero-order valence-electron chi connectivity index (χ0n) is 8.17. The third-order valence-electron chi connectivity index (χ3n) is 2.16. The summed E-state index contributed by atoms with van der Waals surface area (Å²) < 4.78 is 0. The third-order valence-corrected chi connectivity index (χ3v) is 2.83. The van der Waals surface area contributed by atoms with Crippen molar-refractivity contribution in [3.63, 3.8) is 0 Å². The summed E-state index contributed by atoms with van der Waals surface area (Å²) in [6.07, 6.45) is 0. The topological polar surface area (TPSA) is 3.24 Å². The number of rotatable bonds is 3. The summed E-state index contributed by atoms with van der Waals surface area (Å²) in [7, 11) is 1.15. The number of hydrogen-bond acceptors (Lipinski definition) is 1. The van der Waals surface area contributed by atoms with E-state index in [1.807, 2.05) is 0 Å². The Kier molecular flexibility index (Phi) is 3.35. The van der Waals surface area contributed by atoms with Gasteiger partial charge in [0.2, 0.25) is 0 Å². The lowest BCUT2D eigenvalue weighted by molar-refractivity contribution is 0.866. The van der Waals surface area contributed by atoms with Crippen LogP contribution < -0.4 is 10.1 Å². The average Bonchev–Trinajstić information content (AvgIpc) is 2.10. The minimum Gasteiger partial charge on any atom is -0.372 e. The van der Waals surface area contributed by atoms with Crippen LogP contribution in [0.25, 0.3) is 0 Å². The van der Waals surface area contributed by atoms with E-state index >= 15 is 0 Å². The molecule has 0 heterocycles. The predicted molar refractivity (Wildman–Crippen MR) is 59.6 cm³/mol. The summed E-state index contributed by atoms with van der Waals surface area (Å²) >= 11 is 0. The Bertz CT molecular complexity index is 226. The molecule has 0 aliphatic heterocycles. The van der Waals surface area contributed by atoms with Crippen molar-refractivity contribution >= 4 is 21.1 Å². The largest absolute Gasteiger partial charge is 0.372 e. The molecule has 66 valence electrons. The van der Waals surface area contributed by atoms with Gasteiger partial charge in [-0.2, -0.15) is 0 Å². The third kappa shape index (κ3) is 2.11. The van der Waals surface area contributed by atoms with Gasteiger partial charge >= 0.3 is 0 Å². The molecule has 0 aliphatic carbocycles. The van der Waals surface area contributed by atoms with Crippen LogP contribution in [0.3, 0.4) is 0 Å². The van der Waals surface area contributed by atoms with Crippen LogP contribution >= 0.6 is 0 Å². The van der Waals surface area contributed by atoms with Gasteiger partial charge in [0.15, 0.2) is 0 Å².